The fourth-order valence-corrected chi connectivity index (χ4v) is 10.1. The maximum Gasteiger partial charge on any atom is 0.257 e. The summed E-state index contributed by atoms with van der Waals surface area (Å²) in [5.41, 5.74) is 5.91. The third-order valence-electron chi connectivity index (χ3n) is 14.0. The molecule has 9 rings (SSSR count). The number of pyridine rings is 2. The molecule has 352 valence electrons. The lowest BCUT2D eigenvalue weighted by molar-refractivity contribution is -0.134. The molecule has 0 spiro atoms. The van der Waals surface area contributed by atoms with E-state index >= 15 is 8.78 Å². The molecule has 2 aromatic carbocycles. The van der Waals surface area contributed by atoms with E-state index in [4.69, 9.17) is 0 Å². The predicted molar refractivity (Wildman–Crippen MR) is 252 cm³/mol. The topological polar surface area (TPSA) is 160 Å². The minimum atomic E-state index is -0.602. The van der Waals surface area contributed by atoms with Gasteiger partial charge in [0.15, 0.2) is 0 Å². The van der Waals surface area contributed by atoms with Gasteiger partial charge in [-0.25, -0.2) is 13.8 Å². The van der Waals surface area contributed by atoms with Crippen LogP contribution >= 0.6 is 0 Å². The molecular weight excluding hydrogens is 861 g/mol. The third-order valence-corrected chi connectivity index (χ3v) is 14.0. The minimum absolute atomic E-state index is 0.0231. The van der Waals surface area contributed by atoms with E-state index in [9.17, 15) is 24.0 Å². The number of nitrogens with zero attached hydrogens (tertiary/aromatic N) is 8. The zero-order valence-electron chi connectivity index (χ0n) is 38.2. The van der Waals surface area contributed by atoms with Gasteiger partial charge in [0.2, 0.25) is 17.7 Å². The molecule has 4 aliphatic rings. The molecule has 0 bridgehead atoms. The molecule has 0 radical (unpaired) electrons. The molecule has 4 aliphatic heterocycles. The number of amides is 4. The van der Waals surface area contributed by atoms with Crippen LogP contribution in [0.25, 0.3) is 16.7 Å². The van der Waals surface area contributed by atoms with Crippen LogP contribution in [-0.2, 0) is 28.0 Å². The van der Waals surface area contributed by atoms with Crippen molar-refractivity contribution in [1.29, 1.82) is 0 Å². The number of piperazine rings is 2. The van der Waals surface area contributed by atoms with E-state index in [1.807, 2.05) is 31.0 Å². The zero-order chi connectivity index (χ0) is 46.9. The average Bonchev–Trinajstić information content (AvgIpc) is 3.64. The Morgan fingerprint density at radius 3 is 2.22 bits per heavy atom. The second-order valence-electron chi connectivity index (χ2n) is 18.1. The van der Waals surface area contributed by atoms with Crippen molar-refractivity contribution in [3.63, 3.8) is 0 Å². The van der Waals surface area contributed by atoms with Crippen LogP contribution in [-0.4, -0.2) is 142 Å². The summed E-state index contributed by atoms with van der Waals surface area (Å²) in [6, 6.07) is 14.7. The monoisotopic (exact) mass is 917 g/mol. The zero-order valence-corrected chi connectivity index (χ0v) is 38.2. The standard InChI is InChI=1S/C49H57F2N11O5/c1-31-24-33(25-39(51)46(31)32-9-13-57(14-10-32)29-36-28-37-41(8-12-53-47(37)56(36)3)62-15-11-34(52-2)27-44(62)64)49(67)61-22-20-60(21-23-61)45(65)30-58-16-18-59(19-17-58)42-6-4-35(26-38(42)50)54-40-5-7-43(63)55-48(40)66/h4,6,8,11-12,15,24-28,32,40,52,54H,5,7,9-10,13-14,16-23,29-30H2,1-3H3,(H,55,63,66). The number of imide groups is 1. The first-order chi connectivity index (χ1) is 32.3. The van der Waals surface area contributed by atoms with E-state index in [0.717, 1.165) is 59.6 Å². The lowest BCUT2D eigenvalue weighted by Crippen LogP contribution is -2.54. The van der Waals surface area contributed by atoms with Crippen molar-refractivity contribution in [2.75, 3.05) is 94.6 Å². The van der Waals surface area contributed by atoms with Gasteiger partial charge in [-0.2, -0.15) is 0 Å². The smallest absolute Gasteiger partial charge is 0.257 e. The fraction of sp³-hybridized carbons (Fsp3) is 0.429. The molecule has 0 aliphatic carbocycles. The van der Waals surface area contributed by atoms with Crippen LogP contribution in [0, 0.1) is 18.6 Å². The number of halogens is 2. The largest absolute Gasteiger partial charge is 0.388 e. The number of anilines is 3. The Morgan fingerprint density at radius 1 is 0.791 bits per heavy atom. The highest BCUT2D eigenvalue weighted by atomic mass is 19.1. The van der Waals surface area contributed by atoms with Crippen LogP contribution < -0.4 is 26.4 Å². The number of nitrogens with one attached hydrogen (secondary N) is 3. The summed E-state index contributed by atoms with van der Waals surface area (Å²) in [6.45, 7) is 8.02. The second kappa shape index (κ2) is 19.3. The summed E-state index contributed by atoms with van der Waals surface area (Å²) in [4.78, 5) is 78.1. The molecule has 18 heteroatoms. The number of aryl methyl sites for hydroxylation is 2. The van der Waals surface area contributed by atoms with Gasteiger partial charge in [0.1, 0.15) is 23.3 Å². The van der Waals surface area contributed by atoms with Crippen LogP contribution in [0.5, 0.6) is 0 Å². The molecule has 0 saturated carbocycles. The van der Waals surface area contributed by atoms with E-state index in [0.29, 0.717) is 87.8 Å². The number of hydrogen-bond donors (Lipinski definition) is 3. The van der Waals surface area contributed by atoms with Crippen molar-refractivity contribution >= 4 is 51.7 Å². The van der Waals surface area contributed by atoms with Crippen LogP contribution in [0.4, 0.5) is 25.8 Å². The Bertz CT molecular complexity index is 2750. The van der Waals surface area contributed by atoms with Crippen molar-refractivity contribution in [1.82, 2.24) is 39.0 Å². The second-order valence-corrected chi connectivity index (χ2v) is 18.1. The average molecular weight is 918 g/mol. The fourth-order valence-electron chi connectivity index (χ4n) is 10.1. The maximum atomic E-state index is 16.0. The van der Waals surface area contributed by atoms with Crippen LogP contribution in [0.1, 0.15) is 58.8 Å². The first kappa shape index (κ1) is 45.5. The summed E-state index contributed by atoms with van der Waals surface area (Å²) < 4.78 is 34.9. The number of likely N-dealkylation sites (tertiary alicyclic amines) is 1. The van der Waals surface area contributed by atoms with Gasteiger partial charge in [0.05, 0.1) is 17.9 Å². The molecule has 16 nitrogen and oxygen atoms in total. The molecule has 4 saturated heterocycles. The van der Waals surface area contributed by atoms with Crippen LogP contribution in [0.3, 0.4) is 0 Å². The van der Waals surface area contributed by atoms with Crippen molar-refractivity contribution < 1.29 is 28.0 Å². The van der Waals surface area contributed by atoms with Crippen LogP contribution in [0.15, 0.2) is 71.8 Å². The lowest BCUT2D eigenvalue weighted by atomic mass is 9.85. The number of aromatic nitrogens is 3. The van der Waals surface area contributed by atoms with Gasteiger partial charge in [-0.1, -0.05) is 0 Å². The van der Waals surface area contributed by atoms with E-state index < -0.39 is 17.8 Å². The molecule has 1 unspecified atom stereocenters. The summed E-state index contributed by atoms with van der Waals surface area (Å²) in [5.74, 6) is -1.76. The number of rotatable bonds is 11. The first-order valence-corrected chi connectivity index (χ1v) is 23.1. The summed E-state index contributed by atoms with van der Waals surface area (Å²) in [6.07, 6.45) is 5.62. The molecule has 67 heavy (non-hydrogen) atoms. The van der Waals surface area contributed by atoms with Gasteiger partial charge < -0.3 is 29.9 Å². The van der Waals surface area contributed by atoms with Crippen molar-refractivity contribution in [2.45, 2.75) is 51.1 Å². The van der Waals surface area contributed by atoms with E-state index in [1.165, 1.54) is 12.1 Å². The Morgan fingerprint density at radius 2 is 1.54 bits per heavy atom. The molecular formula is C49H57F2N11O5. The molecule has 7 heterocycles. The summed E-state index contributed by atoms with van der Waals surface area (Å²) in [5, 5.41) is 9.21. The number of hydrogen-bond acceptors (Lipinski definition) is 11. The number of carbonyl (C=O) groups excluding carboxylic acids is 4. The van der Waals surface area contributed by atoms with Crippen molar-refractivity contribution in [3.8, 4) is 5.69 Å². The highest BCUT2D eigenvalue weighted by Gasteiger charge is 2.31. The molecule has 5 aromatic rings. The Hall–Kier alpha value is -6.66. The van der Waals surface area contributed by atoms with E-state index in [2.05, 4.69) is 41.4 Å². The van der Waals surface area contributed by atoms with E-state index in [-0.39, 0.29) is 48.0 Å². The first-order valence-electron chi connectivity index (χ1n) is 23.1. The van der Waals surface area contributed by atoms with Gasteiger partial charge in [-0.15, -0.1) is 0 Å². The van der Waals surface area contributed by atoms with Gasteiger partial charge in [0.25, 0.3) is 11.5 Å². The lowest BCUT2D eigenvalue weighted by Gasteiger charge is -2.38. The van der Waals surface area contributed by atoms with Gasteiger partial charge in [0, 0.05) is 126 Å². The summed E-state index contributed by atoms with van der Waals surface area (Å²) in [7, 11) is 3.77. The minimum Gasteiger partial charge on any atom is -0.388 e. The maximum absolute atomic E-state index is 16.0. The van der Waals surface area contributed by atoms with E-state index in [1.54, 1.807) is 58.1 Å². The molecule has 4 amide bonds. The normalized spacial score (nSPS) is 18.9. The SMILES string of the molecule is CNc1ccn(-c2ccnc3c2cc(CN2CCC(c4c(C)cc(C(=O)N5CCN(C(=O)CN6CCN(c7ccc(NC8CCC(=O)NC8=O)cc7F)CC6)CC5)cc4F)CC2)n3C)c(=O)c1. The quantitative estimate of drug-likeness (QED) is 0.164. The number of benzene rings is 2. The third kappa shape index (κ3) is 9.63. The number of fused-ring (bicyclic) bond motifs is 1. The Balaban J connectivity index is 0.734. The van der Waals surface area contributed by atoms with Crippen molar-refractivity contribution in [2.24, 2.45) is 7.05 Å². The molecule has 4 fully saturated rings. The molecule has 1 atom stereocenters. The Labute approximate surface area is 387 Å². The predicted octanol–water partition coefficient (Wildman–Crippen LogP) is 4.06. The van der Waals surface area contributed by atoms with Crippen LogP contribution in [0.2, 0.25) is 0 Å². The molecule has 3 N–H and O–H groups in total. The van der Waals surface area contributed by atoms with Gasteiger partial charge in [-0.3, -0.25) is 43.7 Å². The highest BCUT2D eigenvalue weighted by molar-refractivity contribution is 6.01. The number of piperidine rings is 2. The highest BCUT2D eigenvalue weighted by Crippen LogP contribution is 2.34. The Kier molecular flexibility index (Phi) is 13.1. The number of carbonyl (C=O) groups is 4. The van der Waals surface area contributed by atoms with Gasteiger partial charge in [-0.05, 0) is 105 Å². The van der Waals surface area contributed by atoms with Crippen molar-refractivity contribution in [3.05, 3.63) is 111 Å². The van der Waals surface area contributed by atoms with Gasteiger partial charge >= 0.3 is 0 Å². The summed E-state index contributed by atoms with van der Waals surface area (Å²) >= 11 is 0. The molecule has 3 aromatic heterocycles.